The summed E-state index contributed by atoms with van der Waals surface area (Å²) >= 11 is 12.2. The normalized spacial score (nSPS) is 14.9. The third kappa shape index (κ3) is 4.64. The minimum atomic E-state index is -0.0573. The Morgan fingerprint density at radius 1 is 0.966 bits per heavy atom. The number of amides is 1. The number of carbonyl (C=O) groups is 1. The van der Waals surface area contributed by atoms with E-state index in [-0.39, 0.29) is 5.91 Å². The van der Waals surface area contributed by atoms with Gasteiger partial charge in [-0.2, -0.15) is 0 Å². The van der Waals surface area contributed by atoms with Crippen LogP contribution in [0.25, 0.3) is 11.4 Å². The molecule has 0 aliphatic carbocycles. The zero-order chi connectivity index (χ0) is 20.2. The highest BCUT2D eigenvalue weighted by atomic mass is 35.5. The van der Waals surface area contributed by atoms with Crippen molar-refractivity contribution in [3.8, 4) is 11.4 Å². The summed E-state index contributed by atoms with van der Waals surface area (Å²) in [5.41, 5.74) is 1.59. The van der Waals surface area contributed by atoms with Gasteiger partial charge in [0.2, 0.25) is 0 Å². The second-order valence-corrected chi connectivity index (χ2v) is 7.91. The first-order valence-corrected chi connectivity index (χ1v) is 10.4. The molecule has 29 heavy (non-hydrogen) atoms. The van der Waals surface area contributed by atoms with Crippen molar-refractivity contribution in [1.82, 2.24) is 19.4 Å². The van der Waals surface area contributed by atoms with Crippen molar-refractivity contribution in [3.63, 3.8) is 0 Å². The first kappa shape index (κ1) is 20.0. The number of hydrogen-bond donors (Lipinski definition) is 0. The van der Waals surface area contributed by atoms with Crippen LogP contribution in [0.4, 0.5) is 0 Å². The predicted octanol–water partition coefficient (Wildman–Crippen LogP) is 4.31. The molecule has 150 valence electrons. The number of aromatic nitrogens is 2. The van der Waals surface area contributed by atoms with E-state index < -0.39 is 0 Å². The van der Waals surface area contributed by atoms with E-state index >= 15 is 0 Å². The highest BCUT2D eigenvalue weighted by molar-refractivity contribution is 6.35. The van der Waals surface area contributed by atoms with Gasteiger partial charge in [-0.3, -0.25) is 9.69 Å². The van der Waals surface area contributed by atoms with Gasteiger partial charge in [-0.15, -0.1) is 0 Å². The lowest BCUT2D eigenvalue weighted by Gasteiger charge is -2.35. The van der Waals surface area contributed by atoms with Crippen molar-refractivity contribution in [2.75, 3.05) is 32.7 Å². The van der Waals surface area contributed by atoms with Crippen molar-refractivity contribution in [3.05, 3.63) is 76.5 Å². The number of hydrogen-bond acceptors (Lipinski definition) is 3. The Morgan fingerprint density at radius 3 is 2.48 bits per heavy atom. The largest absolute Gasteiger partial charge is 0.336 e. The Hall–Kier alpha value is -2.34. The van der Waals surface area contributed by atoms with Crippen LogP contribution in [0.2, 0.25) is 10.0 Å². The number of imidazole rings is 1. The quantitative estimate of drug-likeness (QED) is 0.607. The van der Waals surface area contributed by atoms with Crippen LogP contribution < -0.4 is 0 Å². The zero-order valence-corrected chi connectivity index (χ0v) is 17.5. The number of benzene rings is 2. The lowest BCUT2D eigenvalue weighted by molar-refractivity contribution is 0.0633. The van der Waals surface area contributed by atoms with Crippen LogP contribution in [-0.2, 0) is 6.54 Å². The van der Waals surface area contributed by atoms with Crippen LogP contribution in [0.5, 0.6) is 0 Å². The third-order valence-corrected chi connectivity index (χ3v) is 5.79. The summed E-state index contributed by atoms with van der Waals surface area (Å²) in [5.74, 6) is 0.924. The van der Waals surface area contributed by atoms with Crippen molar-refractivity contribution < 1.29 is 4.79 Å². The van der Waals surface area contributed by atoms with Crippen LogP contribution in [0, 0.1) is 0 Å². The number of piperazine rings is 1. The standard InChI is InChI=1S/C22H22Cl2N4O/c23-18-6-7-20(24)19(16-18)22(29)28-14-11-26(12-15-28)10-13-27-9-8-25-21(27)17-4-2-1-3-5-17/h1-9,16H,10-15H2. The molecule has 2 aromatic carbocycles. The molecule has 0 N–H and O–H groups in total. The van der Waals surface area contributed by atoms with E-state index in [0.29, 0.717) is 28.7 Å². The molecule has 1 saturated heterocycles. The second kappa shape index (κ2) is 8.99. The highest BCUT2D eigenvalue weighted by Gasteiger charge is 2.23. The molecule has 1 amide bonds. The highest BCUT2D eigenvalue weighted by Crippen LogP contribution is 2.23. The van der Waals surface area contributed by atoms with Gasteiger partial charge in [-0.05, 0) is 18.2 Å². The molecule has 0 unspecified atom stereocenters. The summed E-state index contributed by atoms with van der Waals surface area (Å²) < 4.78 is 2.18. The van der Waals surface area contributed by atoms with E-state index in [2.05, 4.69) is 26.6 Å². The average molecular weight is 429 g/mol. The molecule has 1 aromatic heterocycles. The lowest BCUT2D eigenvalue weighted by Crippen LogP contribution is -2.49. The molecule has 2 heterocycles. The van der Waals surface area contributed by atoms with Crippen LogP contribution in [-0.4, -0.2) is 58.0 Å². The van der Waals surface area contributed by atoms with E-state index in [1.165, 1.54) is 0 Å². The first-order valence-electron chi connectivity index (χ1n) is 9.65. The van der Waals surface area contributed by atoms with Gasteiger partial charge in [-0.1, -0.05) is 53.5 Å². The molecular formula is C22H22Cl2N4O. The maximum atomic E-state index is 12.8. The van der Waals surface area contributed by atoms with Crippen molar-refractivity contribution in [1.29, 1.82) is 0 Å². The SMILES string of the molecule is O=C(c1cc(Cl)ccc1Cl)N1CCN(CCn2ccnc2-c2ccccc2)CC1. The Balaban J connectivity index is 1.33. The zero-order valence-electron chi connectivity index (χ0n) is 16.0. The van der Waals surface area contributed by atoms with Gasteiger partial charge in [0.1, 0.15) is 5.82 Å². The van der Waals surface area contributed by atoms with Crippen LogP contribution >= 0.6 is 23.2 Å². The fourth-order valence-electron chi connectivity index (χ4n) is 3.59. The summed E-state index contributed by atoms with van der Waals surface area (Å²) in [7, 11) is 0. The second-order valence-electron chi connectivity index (χ2n) is 7.07. The number of rotatable bonds is 5. The van der Waals surface area contributed by atoms with Gasteiger partial charge in [-0.25, -0.2) is 4.98 Å². The van der Waals surface area contributed by atoms with Crippen LogP contribution in [0.15, 0.2) is 60.9 Å². The van der Waals surface area contributed by atoms with E-state index in [0.717, 1.165) is 37.6 Å². The molecule has 0 bridgehead atoms. The molecule has 5 nitrogen and oxygen atoms in total. The molecule has 0 radical (unpaired) electrons. The average Bonchev–Trinajstić information content (AvgIpc) is 3.23. The van der Waals surface area contributed by atoms with Gasteiger partial charge >= 0.3 is 0 Å². The fourth-order valence-corrected chi connectivity index (χ4v) is 3.96. The Bertz CT molecular complexity index is 981. The van der Waals surface area contributed by atoms with Crippen molar-refractivity contribution in [2.45, 2.75) is 6.54 Å². The summed E-state index contributed by atoms with van der Waals surface area (Å²) in [4.78, 5) is 21.5. The Morgan fingerprint density at radius 2 is 1.72 bits per heavy atom. The maximum absolute atomic E-state index is 12.8. The summed E-state index contributed by atoms with van der Waals surface area (Å²) in [5, 5.41) is 0.960. The smallest absolute Gasteiger partial charge is 0.255 e. The first-order chi connectivity index (χ1) is 14.1. The number of halogens is 2. The maximum Gasteiger partial charge on any atom is 0.255 e. The number of carbonyl (C=O) groups excluding carboxylic acids is 1. The number of nitrogens with zero attached hydrogens (tertiary/aromatic N) is 4. The summed E-state index contributed by atoms with van der Waals surface area (Å²) in [6.07, 6.45) is 3.86. The van der Waals surface area contributed by atoms with Gasteiger partial charge in [0.05, 0.1) is 10.6 Å². The van der Waals surface area contributed by atoms with Gasteiger partial charge in [0, 0.05) is 62.2 Å². The van der Waals surface area contributed by atoms with E-state index in [1.807, 2.05) is 35.5 Å². The molecule has 4 rings (SSSR count). The molecular weight excluding hydrogens is 407 g/mol. The molecule has 1 aliphatic heterocycles. The Labute approximate surface area is 180 Å². The van der Waals surface area contributed by atoms with Crippen molar-refractivity contribution >= 4 is 29.1 Å². The van der Waals surface area contributed by atoms with E-state index in [1.54, 1.807) is 18.2 Å². The molecule has 1 fully saturated rings. The molecule has 0 saturated carbocycles. The molecule has 7 heteroatoms. The molecule has 0 spiro atoms. The summed E-state index contributed by atoms with van der Waals surface area (Å²) in [6, 6.07) is 15.2. The lowest BCUT2D eigenvalue weighted by atomic mass is 10.1. The predicted molar refractivity (Wildman–Crippen MR) is 116 cm³/mol. The van der Waals surface area contributed by atoms with Gasteiger partial charge in [0.25, 0.3) is 5.91 Å². The molecule has 3 aromatic rings. The Kier molecular flexibility index (Phi) is 6.19. The fraction of sp³-hybridized carbons (Fsp3) is 0.273. The molecule has 0 atom stereocenters. The van der Waals surface area contributed by atoms with Crippen LogP contribution in [0.1, 0.15) is 10.4 Å². The minimum absolute atomic E-state index is 0.0573. The molecule has 1 aliphatic rings. The topological polar surface area (TPSA) is 41.4 Å². The van der Waals surface area contributed by atoms with Gasteiger partial charge in [0.15, 0.2) is 0 Å². The summed E-state index contributed by atoms with van der Waals surface area (Å²) in [6.45, 7) is 4.79. The third-order valence-electron chi connectivity index (χ3n) is 5.22. The van der Waals surface area contributed by atoms with Crippen LogP contribution in [0.3, 0.4) is 0 Å². The van der Waals surface area contributed by atoms with E-state index in [9.17, 15) is 4.79 Å². The monoisotopic (exact) mass is 428 g/mol. The van der Waals surface area contributed by atoms with Crippen molar-refractivity contribution in [2.24, 2.45) is 0 Å². The minimum Gasteiger partial charge on any atom is -0.336 e. The van der Waals surface area contributed by atoms with E-state index in [4.69, 9.17) is 23.2 Å². The van der Waals surface area contributed by atoms with Gasteiger partial charge < -0.3 is 9.47 Å².